The lowest BCUT2D eigenvalue weighted by Crippen LogP contribution is -2.64. The number of esters is 2. The fourth-order valence-corrected chi connectivity index (χ4v) is 8.33. The predicted molar refractivity (Wildman–Crippen MR) is 244 cm³/mol. The van der Waals surface area contributed by atoms with E-state index in [1.807, 2.05) is 0 Å². The molecule has 0 heterocycles. The van der Waals surface area contributed by atoms with E-state index in [0.717, 1.165) is 57.8 Å². The van der Waals surface area contributed by atoms with Crippen LogP contribution in [-0.4, -0.2) is 98.3 Å². The van der Waals surface area contributed by atoms with Crippen molar-refractivity contribution >= 4 is 19.8 Å². The number of phosphoric ester groups is 1. The minimum absolute atomic E-state index is 0.0629. The molecule has 0 saturated heterocycles. The van der Waals surface area contributed by atoms with Crippen LogP contribution in [0.15, 0.2) is 36.5 Å². The second kappa shape index (κ2) is 38.3. The number of allylic oxidation sites excluding steroid dienone is 6. The number of unbranched alkanes of at least 4 members (excludes halogenated alkanes) is 22. The highest BCUT2D eigenvalue weighted by Crippen LogP contribution is 2.47. The molecule has 6 atom stereocenters. The van der Waals surface area contributed by atoms with Crippen molar-refractivity contribution in [2.24, 2.45) is 0 Å². The van der Waals surface area contributed by atoms with Gasteiger partial charge in [0.2, 0.25) is 0 Å². The molecule has 14 heteroatoms. The van der Waals surface area contributed by atoms with Crippen LogP contribution >= 0.6 is 7.82 Å². The lowest BCUT2D eigenvalue weighted by atomic mass is 9.85. The molecule has 0 aromatic rings. The lowest BCUT2D eigenvalue weighted by Gasteiger charge is -2.41. The molecule has 0 spiro atoms. The topological polar surface area (TPSA) is 210 Å². The molecule has 62 heavy (non-hydrogen) atoms. The van der Waals surface area contributed by atoms with Gasteiger partial charge in [0.25, 0.3) is 0 Å². The molecule has 0 aromatic carbocycles. The van der Waals surface area contributed by atoms with Crippen molar-refractivity contribution in [3.8, 4) is 0 Å². The minimum Gasteiger partial charge on any atom is -0.462 e. The van der Waals surface area contributed by atoms with Crippen molar-refractivity contribution in [2.75, 3.05) is 13.2 Å². The largest absolute Gasteiger partial charge is 0.472 e. The van der Waals surface area contributed by atoms with Crippen LogP contribution in [0, 0.1) is 0 Å². The van der Waals surface area contributed by atoms with Gasteiger partial charge in [-0.2, -0.15) is 0 Å². The van der Waals surface area contributed by atoms with Gasteiger partial charge in [0, 0.05) is 12.8 Å². The Balaban J connectivity index is 2.40. The Morgan fingerprint density at radius 2 is 0.919 bits per heavy atom. The zero-order chi connectivity index (χ0) is 45.7. The molecule has 6 unspecified atom stereocenters. The van der Waals surface area contributed by atoms with E-state index >= 15 is 0 Å². The van der Waals surface area contributed by atoms with Gasteiger partial charge < -0.3 is 39.9 Å². The first kappa shape index (κ1) is 58.1. The molecular weight excluding hydrogens is 815 g/mol. The summed E-state index contributed by atoms with van der Waals surface area (Å²) in [6.45, 7) is 3.17. The number of hydrogen-bond acceptors (Lipinski definition) is 12. The number of carbonyl (C=O) groups is 2. The molecule has 1 rings (SSSR count). The molecule has 362 valence electrons. The van der Waals surface area contributed by atoms with Gasteiger partial charge in [0.15, 0.2) is 6.10 Å². The number of ether oxygens (including phenoxy) is 2. The zero-order valence-corrected chi connectivity index (χ0v) is 39.3. The van der Waals surface area contributed by atoms with E-state index in [9.17, 15) is 44.6 Å². The molecule has 0 aromatic heterocycles. The molecule has 0 radical (unpaired) electrons. The van der Waals surface area contributed by atoms with Crippen molar-refractivity contribution in [3.05, 3.63) is 36.5 Å². The molecule has 13 nitrogen and oxygen atoms in total. The van der Waals surface area contributed by atoms with Crippen LogP contribution in [-0.2, 0) is 32.7 Å². The molecule has 1 aliphatic carbocycles. The summed E-state index contributed by atoms with van der Waals surface area (Å²) in [6.07, 6.45) is 30.7. The molecule has 0 amide bonds. The van der Waals surface area contributed by atoms with Crippen LogP contribution in [0.4, 0.5) is 0 Å². The molecule has 0 bridgehead atoms. The third-order valence-electron chi connectivity index (χ3n) is 11.2. The normalized spacial score (nSPS) is 22.1. The quantitative estimate of drug-likeness (QED) is 0.0147. The van der Waals surface area contributed by atoms with Crippen LogP contribution in [0.5, 0.6) is 0 Å². The van der Waals surface area contributed by atoms with Gasteiger partial charge in [-0.15, -0.1) is 0 Å². The molecule has 1 saturated carbocycles. The van der Waals surface area contributed by atoms with Crippen LogP contribution in [0.3, 0.4) is 0 Å². The van der Waals surface area contributed by atoms with Gasteiger partial charge in [-0.3, -0.25) is 18.6 Å². The van der Waals surface area contributed by atoms with E-state index < -0.39 is 75.7 Å². The summed E-state index contributed by atoms with van der Waals surface area (Å²) in [5.74, 6) is -1.13. The monoisotopic (exact) mass is 903 g/mol. The summed E-state index contributed by atoms with van der Waals surface area (Å²) in [6, 6.07) is 0. The average molecular weight is 903 g/mol. The van der Waals surface area contributed by atoms with Crippen LogP contribution in [0.25, 0.3) is 0 Å². The fourth-order valence-electron chi connectivity index (χ4n) is 7.36. The number of rotatable bonds is 40. The first-order chi connectivity index (χ1) is 29.9. The first-order valence-electron chi connectivity index (χ1n) is 24.3. The van der Waals surface area contributed by atoms with Crippen LogP contribution < -0.4 is 0 Å². The Bertz CT molecular complexity index is 1230. The van der Waals surface area contributed by atoms with E-state index in [4.69, 9.17) is 18.5 Å². The Hall–Kier alpha value is -1.93. The SMILES string of the molecule is CC/C=C\C/C=C\C/C=C\CCCCCC(=O)OC(COC(=O)CCCCCCCCCCCCCCCCCCCCCC)COP(=O)(O)OC1C(O)C(O)C(O)C(O)C1O. The molecular formula is C48H87O13P. The van der Waals surface area contributed by atoms with E-state index in [1.165, 1.54) is 103 Å². The van der Waals surface area contributed by atoms with Crippen LogP contribution in [0.2, 0.25) is 0 Å². The van der Waals surface area contributed by atoms with Gasteiger partial charge in [0.05, 0.1) is 6.61 Å². The number of phosphoric acid groups is 1. The van der Waals surface area contributed by atoms with Gasteiger partial charge in [-0.05, 0) is 44.9 Å². The number of aliphatic hydroxyl groups excluding tert-OH is 5. The average Bonchev–Trinajstić information content (AvgIpc) is 3.25. The number of carbonyl (C=O) groups excluding carboxylic acids is 2. The third kappa shape index (κ3) is 30.3. The maximum absolute atomic E-state index is 12.8. The van der Waals surface area contributed by atoms with E-state index in [1.54, 1.807) is 0 Å². The minimum atomic E-state index is -5.12. The zero-order valence-electron chi connectivity index (χ0n) is 38.4. The van der Waals surface area contributed by atoms with E-state index in [2.05, 4.69) is 50.3 Å². The van der Waals surface area contributed by atoms with Crippen molar-refractivity contribution in [1.82, 2.24) is 0 Å². The van der Waals surface area contributed by atoms with Gasteiger partial charge in [-0.1, -0.05) is 179 Å². The Morgan fingerprint density at radius 3 is 1.40 bits per heavy atom. The molecule has 6 N–H and O–H groups in total. The molecule has 1 fully saturated rings. The summed E-state index contributed by atoms with van der Waals surface area (Å²) in [5.41, 5.74) is 0. The van der Waals surface area contributed by atoms with Crippen molar-refractivity contribution in [2.45, 2.75) is 243 Å². The Morgan fingerprint density at radius 1 is 0.516 bits per heavy atom. The smallest absolute Gasteiger partial charge is 0.462 e. The first-order valence-corrected chi connectivity index (χ1v) is 25.8. The lowest BCUT2D eigenvalue weighted by molar-refractivity contribution is -0.220. The Kier molecular flexibility index (Phi) is 35.9. The van der Waals surface area contributed by atoms with Crippen molar-refractivity contribution in [1.29, 1.82) is 0 Å². The summed E-state index contributed by atoms with van der Waals surface area (Å²) in [5, 5.41) is 50.2. The van der Waals surface area contributed by atoms with Gasteiger partial charge in [-0.25, -0.2) is 4.57 Å². The summed E-state index contributed by atoms with van der Waals surface area (Å²) < 4.78 is 33.5. The third-order valence-corrected chi connectivity index (χ3v) is 12.2. The highest BCUT2D eigenvalue weighted by molar-refractivity contribution is 7.47. The van der Waals surface area contributed by atoms with E-state index in [-0.39, 0.29) is 12.8 Å². The van der Waals surface area contributed by atoms with Crippen molar-refractivity contribution in [3.63, 3.8) is 0 Å². The second-order valence-electron chi connectivity index (χ2n) is 16.9. The highest BCUT2D eigenvalue weighted by atomic mass is 31.2. The van der Waals surface area contributed by atoms with Crippen molar-refractivity contribution < 1.29 is 63.1 Å². The molecule has 0 aliphatic heterocycles. The van der Waals surface area contributed by atoms with E-state index in [0.29, 0.717) is 12.8 Å². The maximum Gasteiger partial charge on any atom is 0.472 e. The van der Waals surface area contributed by atoms with Gasteiger partial charge in [0.1, 0.15) is 43.2 Å². The summed E-state index contributed by atoms with van der Waals surface area (Å²) in [7, 11) is -5.12. The van der Waals surface area contributed by atoms with Crippen LogP contribution in [0.1, 0.15) is 200 Å². The standard InChI is InChI=1S/C48H87O13P/c1-3-5-7-9-11-13-15-17-18-19-20-21-22-23-25-26-28-30-32-34-36-41(49)58-38-40(39-59-62(56,57)61-48-46(54)44(52)43(51)45(53)47(48)55)60-42(50)37-35-33-31-29-27-24-16-14-12-10-8-6-4-2/h6,8,12,14,24,27,40,43-48,51-55H,3-5,7,9-11,13,15-23,25-26,28-39H2,1-2H3,(H,56,57)/b8-6-,14-12-,27-24-. The highest BCUT2D eigenvalue weighted by Gasteiger charge is 2.51. The predicted octanol–water partition coefficient (Wildman–Crippen LogP) is 9.78. The number of aliphatic hydroxyl groups is 5. The Labute approximate surface area is 374 Å². The second-order valence-corrected chi connectivity index (χ2v) is 18.3. The molecule has 1 aliphatic rings. The number of hydrogen-bond donors (Lipinski definition) is 6. The van der Waals surface area contributed by atoms with Gasteiger partial charge >= 0.3 is 19.8 Å². The maximum atomic E-state index is 12.8. The summed E-state index contributed by atoms with van der Waals surface area (Å²) >= 11 is 0. The fraction of sp³-hybridized carbons (Fsp3) is 0.833. The summed E-state index contributed by atoms with van der Waals surface area (Å²) in [4.78, 5) is 35.7.